The molecule has 0 unspecified atom stereocenters. The molecule has 29 heavy (non-hydrogen) atoms. The quantitative estimate of drug-likeness (QED) is 0.657. The molecule has 154 valence electrons. The second-order valence-electron chi connectivity index (χ2n) is 6.47. The Kier molecular flexibility index (Phi) is 7.91. The lowest BCUT2D eigenvalue weighted by atomic mass is 10.1. The molecule has 8 heteroatoms. The Morgan fingerprint density at radius 3 is 2.31 bits per heavy atom. The van der Waals surface area contributed by atoms with E-state index in [1.807, 2.05) is 26.8 Å². The van der Waals surface area contributed by atoms with Gasteiger partial charge in [-0.25, -0.2) is 8.42 Å². The Morgan fingerprint density at radius 1 is 1.10 bits per heavy atom. The number of hydrogen-bond donors (Lipinski definition) is 2. The Morgan fingerprint density at radius 2 is 1.72 bits per heavy atom. The van der Waals surface area contributed by atoms with E-state index in [9.17, 15) is 13.2 Å². The van der Waals surface area contributed by atoms with Crippen molar-refractivity contribution in [3.63, 3.8) is 0 Å². The van der Waals surface area contributed by atoms with Crippen molar-refractivity contribution in [2.75, 3.05) is 25.0 Å². The number of hydrogen-bond acceptors (Lipinski definition) is 5. The summed E-state index contributed by atoms with van der Waals surface area (Å²) in [5.41, 5.74) is 1.74. The van der Waals surface area contributed by atoms with Gasteiger partial charge in [0.05, 0.1) is 22.7 Å². The Labute approximate surface area is 172 Å². The first kappa shape index (κ1) is 22.6. The summed E-state index contributed by atoms with van der Waals surface area (Å²) in [7, 11) is -3.49. The van der Waals surface area contributed by atoms with Crippen LogP contribution in [0.1, 0.15) is 37.9 Å². The van der Waals surface area contributed by atoms with Crippen LogP contribution < -0.4 is 10.6 Å². The zero-order valence-corrected chi connectivity index (χ0v) is 17.7. The Balaban J connectivity index is 1.98. The minimum Gasteiger partial charge on any atom is -0.324 e. The molecule has 0 radical (unpaired) electrons. The smallest absolute Gasteiger partial charge is 0.243 e. The molecule has 0 saturated carbocycles. The number of carbonyl (C=O) groups is 1. The van der Waals surface area contributed by atoms with Crippen molar-refractivity contribution in [2.24, 2.45) is 0 Å². The van der Waals surface area contributed by atoms with Crippen molar-refractivity contribution in [3.8, 4) is 6.07 Å². The summed E-state index contributed by atoms with van der Waals surface area (Å²) < 4.78 is 26.5. The van der Waals surface area contributed by atoms with E-state index in [0.717, 1.165) is 5.56 Å². The molecule has 2 rings (SSSR count). The largest absolute Gasteiger partial charge is 0.324 e. The molecule has 0 bridgehead atoms. The molecule has 2 aromatic carbocycles. The molecule has 7 nitrogen and oxygen atoms in total. The third-order valence-corrected chi connectivity index (χ3v) is 6.68. The van der Waals surface area contributed by atoms with E-state index >= 15 is 0 Å². The van der Waals surface area contributed by atoms with Crippen LogP contribution in [0.2, 0.25) is 0 Å². The molecule has 2 aromatic rings. The maximum atomic E-state index is 12.6. The van der Waals surface area contributed by atoms with Gasteiger partial charge in [0, 0.05) is 19.1 Å². The Hall–Kier alpha value is -2.73. The second kappa shape index (κ2) is 10.2. The maximum Gasteiger partial charge on any atom is 0.243 e. The average molecular weight is 415 g/mol. The summed E-state index contributed by atoms with van der Waals surface area (Å²) in [5.74, 6) is -0.264. The van der Waals surface area contributed by atoms with E-state index in [1.54, 1.807) is 48.5 Å². The van der Waals surface area contributed by atoms with Crippen LogP contribution in [-0.4, -0.2) is 38.3 Å². The van der Waals surface area contributed by atoms with E-state index in [4.69, 9.17) is 5.26 Å². The summed E-state index contributed by atoms with van der Waals surface area (Å²) >= 11 is 0. The summed E-state index contributed by atoms with van der Waals surface area (Å²) in [6.45, 7) is 6.40. The first-order chi connectivity index (χ1) is 13.8. The topological polar surface area (TPSA) is 102 Å². The van der Waals surface area contributed by atoms with Gasteiger partial charge in [-0.2, -0.15) is 9.57 Å². The van der Waals surface area contributed by atoms with E-state index < -0.39 is 10.0 Å². The number of benzene rings is 2. The highest BCUT2D eigenvalue weighted by atomic mass is 32.2. The van der Waals surface area contributed by atoms with Crippen molar-refractivity contribution in [1.82, 2.24) is 9.62 Å². The lowest BCUT2D eigenvalue weighted by Crippen LogP contribution is -2.31. The molecule has 1 atom stereocenters. The number of rotatable bonds is 9. The predicted molar refractivity (Wildman–Crippen MR) is 113 cm³/mol. The van der Waals surface area contributed by atoms with Crippen molar-refractivity contribution in [2.45, 2.75) is 31.7 Å². The van der Waals surface area contributed by atoms with Crippen LogP contribution in [0, 0.1) is 11.3 Å². The zero-order valence-electron chi connectivity index (χ0n) is 16.8. The van der Waals surface area contributed by atoms with E-state index in [0.29, 0.717) is 24.3 Å². The number of nitrogens with zero attached hydrogens (tertiary/aromatic N) is 2. The third kappa shape index (κ3) is 5.64. The van der Waals surface area contributed by atoms with Crippen molar-refractivity contribution < 1.29 is 13.2 Å². The van der Waals surface area contributed by atoms with Crippen LogP contribution in [-0.2, 0) is 14.8 Å². The average Bonchev–Trinajstić information content (AvgIpc) is 2.73. The second-order valence-corrected chi connectivity index (χ2v) is 8.40. The monoisotopic (exact) mass is 414 g/mol. The number of carbonyl (C=O) groups excluding carboxylic acids is 1. The molecule has 0 heterocycles. The molecular formula is C21H26N4O3S. The normalized spacial score (nSPS) is 12.4. The predicted octanol–water partition coefficient (Wildman–Crippen LogP) is 2.88. The first-order valence-electron chi connectivity index (χ1n) is 9.45. The first-order valence-corrected chi connectivity index (χ1v) is 10.9. The minimum absolute atomic E-state index is 0.0560. The van der Waals surface area contributed by atoms with Crippen LogP contribution in [0.5, 0.6) is 0 Å². The highest BCUT2D eigenvalue weighted by Crippen LogP contribution is 2.19. The maximum absolute atomic E-state index is 12.6. The van der Waals surface area contributed by atoms with Gasteiger partial charge in [0.1, 0.15) is 6.07 Å². The van der Waals surface area contributed by atoms with Crippen LogP contribution >= 0.6 is 0 Å². The lowest BCUT2D eigenvalue weighted by molar-refractivity contribution is -0.115. The summed E-state index contributed by atoms with van der Waals surface area (Å²) in [6.07, 6.45) is 0. The van der Waals surface area contributed by atoms with E-state index in [-0.39, 0.29) is 23.4 Å². The Bertz CT molecular complexity index is 978. The fourth-order valence-corrected chi connectivity index (χ4v) is 4.35. The van der Waals surface area contributed by atoms with Crippen molar-refractivity contribution >= 4 is 21.6 Å². The molecule has 1 amide bonds. The molecular weight excluding hydrogens is 388 g/mol. The highest BCUT2D eigenvalue weighted by molar-refractivity contribution is 7.89. The summed E-state index contributed by atoms with van der Waals surface area (Å²) in [6, 6.07) is 15.4. The number of sulfonamides is 1. The van der Waals surface area contributed by atoms with Crippen LogP contribution in [0.3, 0.4) is 0 Å². The van der Waals surface area contributed by atoms with Gasteiger partial charge in [-0.15, -0.1) is 0 Å². The molecule has 0 saturated heterocycles. The third-order valence-electron chi connectivity index (χ3n) is 4.61. The molecule has 2 N–H and O–H groups in total. The highest BCUT2D eigenvalue weighted by Gasteiger charge is 2.21. The fourth-order valence-electron chi connectivity index (χ4n) is 2.89. The van der Waals surface area contributed by atoms with Gasteiger partial charge in [0.25, 0.3) is 0 Å². The lowest BCUT2D eigenvalue weighted by Gasteiger charge is -2.19. The summed E-state index contributed by atoms with van der Waals surface area (Å²) in [5, 5.41) is 14.9. The van der Waals surface area contributed by atoms with Crippen LogP contribution in [0.15, 0.2) is 53.4 Å². The number of anilines is 1. The summed E-state index contributed by atoms with van der Waals surface area (Å²) in [4.78, 5) is 12.4. The number of nitriles is 1. The number of amides is 1. The number of para-hydroxylation sites is 1. The van der Waals surface area contributed by atoms with Gasteiger partial charge < -0.3 is 10.6 Å². The van der Waals surface area contributed by atoms with E-state index in [2.05, 4.69) is 10.6 Å². The molecule has 0 aromatic heterocycles. The molecule has 0 fully saturated rings. The van der Waals surface area contributed by atoms with Gasteiger partial charge in [0.15, 0.2) is 0 Å². The van der Waals surface area contributed by atoms with E-state index in [1.165, 1.54) is 4.31 Å². The number of nitrogens with one attached hydrogen (secondary N) is 2. The minimum atomic E-state index is -3.49. The van der Waals surface area contributed by atoms with Gasteiger partial charge in [0.2, 0.25) is 15.9 Å². The van der Waals surface area contributed by atoms with Gasteiger partial charge in [-0.3, -0.25) is 4.79 Å². The SMILES string of the molecule is CCN(CC)S(=O)(=O)c1ccc([C@@H](C)NCC(=O)Nc2ccccc2C#N)cc1. The zero-order chi connectivity index (χ0) is 21.4. The fraction of sp³-hybridized carbons (Fsp3) is 0.333. The van der Waals surface area contributed by atoms with Gasteiger partial charge in [-0.1, -0.05) is 38.1 Å². The molecule has 0 aliphatic carbocycles. The van der Waals surface area contributed by atoms with Crippen molar-refractivity contribution in [3.05, 3.63) is 59.7 Å². The molecule has 0 aliphatic rings. The van der Waals surface area contributed by atoms with Crippen molar-refractivity contribution in [1.29, 1.82) is 5.26 Å². The van der Waals surface area contributed by atoms with Crippen LogP contribution in [0.25, 0.3) is 0 Å². The van der Waals surface area contributed by atoms with Gasteiger partial charge >= 0.3 is 0 Å². The molecule has 0 spiro atoms. The van der Waals surface area contributed by atoms with Crippen LogP contribution in [0.4, 0.5) is 5.69 Å². The van der Waals surface area contributed by atoms with Gasteiger partial charge in [-0.05, 0) is 36.8 Å². The standard InChI is InChI=1S/C21H26N4O3S/c1-4-25(5-2)29(27,28)19-12-10-17(11-13-19)16(3)23-15-21(26)24-20-9-7-6-8-18(20)14-22/h6-13,16,23H,4-5,15H2,1-3H3,(H,24,26)/t16-/m1/s1. The molecule has 0 aliphatic heterocycles.